The number of carboxylic acids is 1. The van der Waals surface area contributed by atoms with Crippen molar-refractivity contribution in [3.05, 3.63) is 23.8 Å². The van der Waals surface area contributed by atoms with Crippen LogP contribution in [-0.4, -0.2) is 36.7 Å². The number of fused-ring (bicyclic) bond motifs is 1. The Morgan fingerprint density at radius 3 is 2.61 bits per heavy atom. The summed E-state index contributed by atoms with van der Waals surface area (Å²) in [6, 6.07) is 5.26. The zero-order valence-electron chi connectivity index (χ0n) is 13.8. The van der Waals surface area contributed by atoms with Crippen LogP contribution in [0.3, 0.4) is 0 Å². The first-order chi connectivity index (χ1) is 10.7. The average Bonchev–Trinajstić information content (AvgIpc) is 2.67. The molecule has 0 aliphatic carbocycles. The standard InChI is InChI=1S/C17H23NO4S/c1-12-17(2,3)14-11-13(23(21)22)8-9-15(14)18(12)10-6-4-5-7-16(19)20/h8-9,11H,4-7,10H2,1-3H3,(H-,19,20,21,22). The molecular formula is C17H23NO4S. The maximum Gasteiger partial charge on any atom is 0.303 e. The molecule has 1 aliphatic rings. The Kier molecular flexibility index (Phi) is 5.37. The van der Waals surface area contributed by atoms with Crippen molar-refractivity contribution in [1.29, 1.82) is 0 Å². The van der Waals surface area contributed by atoms with Crippen LogP contribution < -0.4 is 0 Å². The molecule has 0 spiro atoms. The topological polar surface area (TPSA) is 80.4 Å². The zero-order chi connectivity index (χ0) is 17.2. The fourth-order valence-electron chi connectivity index (χ4n) is 3.08. The van der Waals surface area contributed by atoms with Crippen LogP contribution in [0.25, 0.3) is 0 Å². The monoisotopic (exact) mass is 337 g/mol. The summed E-state index contributed by atoms with van der Waals surface area (Å²) in [7, 11) is 0. The van der Waals surface area contributed by atoms with E-state index >= 15 is 0 Å². The normalized spacial score (nSPS) is 17.2. The zero-order valence-corrected chi connectivity index (χ0v) is 14.6. The Morgan fingerprint density at radius 2 is 2.00 bits per heavy atom. The molecule has 2 rings (SSSR count). The van der Waals surface area contributed by atoms with E-state index < -0.39 is 17.0 Å². The lowest BCUT2D eigenvalue weighted by atomic mass is 9.82. The number of hydrogen-bond acceptors (Lipinski definition) is 3. The first-order valence-electron chi connectivity index (χ1n) is 7.82. The second kappa shape index (κ2) is 6.93. The summed E-state index contributed by atoms with van der Waals surface area (Å²) in [5, 5.41) is 8.67. The Balaban J connectivity index is 2.17. The molecule has 6 heteroatoms. The smallest absolute Gasteiger partial charge is 0.303 e. The predicted molar refractivity (Wildman–Crippen MR) is 88.2 cm³/mol. The molecular weight excluding hydrogens is 314 g/mol. The third-order valence-electron chi connectivity index (χ3n) is 4.71. The van der Waals surface area contributed by atoms with Gasteiger partial charge in [0.1, 0.15) is 6.54 Å². The minimum atomic E-state index is -2.22. The number of carboxylic acid groups (broad SMARTS) is 1. The molecule has 0 saturated heterocycles. The van der Waals surface area contributed by atoms with Crippen LogP contribution in [0.1, 0.15) is 52.0 Å². The van der Waals surface area contributed by atoms with Gasteiger partial charge in [-0.1, -0.05) is 0 Å². The number of aliphatic carboxylic acids is 1. The molecule has 1 aliphatic heterocycles. The minimum Gasteiger partial charge on any atom is -0.768 e. The molecule has 0 amide bonds. The van der Waals surface area contributed by atoms with Crippen LogP contribution in [-0.2, 0) is 21.3 Å². The fourth-order valence-corrected chi connectivity index (χ4v) is 3.47. The summed E-state index contributed by atoms with van der Waals surface area (Å²) < 4.78 is 24.6. The average molecular weight is 337 g/mol. The van der Waals surface area contributed by atoms with Gasteiger partial charge < -0.3 is 9.66 Å². The molecule has 0 fully saturated rings. The molecule has 0 radical (unpaired) electrons. The number of benzene rings is 1. The van der Waals surface area contributed by atoms with Crippen molar-refractivity contribution in [2.24, 2.45) is 0 Å². The SMILES string of the molecule is CC1=[N+](CCCCCC(=O)O)c2ccc(S(=O)[O-])cc2C1(C)C. The summed E-state index contributed by atoms with van der Waals surface area (Å²) in [5.74, 6) is -0.751. The Bertz CT molecular complexity index is 679. The van der Waals surface area contributed by atoms with Crippen molar-refractivity contribution in [2.75, 3.05) is 6.54 Å². The van der Waals surface area contributed by atoms with Crippen molar-refractivity contribution >= 4 is 28.4 Å². The van der Waals surface area contributed by atoms with Gasteiger partial charge in [-0.2, -0.15) is 4.58 Å². The molecule has 1 heterocycles. The quantitative estimate of drug-likeness (QED) is 0.471. The lowest BCUT2D eigenvalue weighted by molar-refractivity contribution is -0.439. The van der Waals surface area contributed by atoms with Gasteiger partial charge in [-0.3, -0.25) is 9.00 Å². The molecule has 0 saturated carbocycles. The highest BCUT2D eigenvalue weighted by molar-refractivity contribution is 7.79. The molecule has 1 aromatic rings. The maximum atomic E-state index is 11.2. The number of nitrogens with zero attached hydrogens (tertiary/aromatic N) is 1. The Labute approximate surface area is 139 Å². The third-order valence-corrected chi connectivity index (χ3v) is 5.35. The number of unbranched alkanes of at least 4 members (excludes halogenated alkanes) is 2. The molecule has 126 valence electrons. The largest absolute Gasteiger partial charge is 0.768 e. The van der Waals surface area contributed by atoms with Crippen LogP contribution in [0, 0.1) is 0 Å². The van der Waals surface area contributed by atoms with E-state index in [4.69, 9.17) is 5.11 Å². The van der Waals surface area contributed by atoms with Gasteiger partial charge >= 0.3 is 5.97 Å². The lowest BCUT2D eigenvalue weighted by Gasteiger charge is -2.16. The minimum absolute atomic E-state index is 0.203. The molecule has 1 aromatic carbocycles. The van der Waals surface area contributed by atoms with E-state index in [1.807, 2.05) is 6.07 Å². The van der Waals surface area contributed by atoms with Crippen LogP contribution >= 0.6 is 0 Å². The molecule has 5 nitrogen and oxygen atoms in total. The van der Waals surface area contributed by atoms with E-state index in [9.17, 15) is 13.6 Å². The van der Waals surface area contributed by atoms with Gasteiger partial charge in [-0.25, -0.2) is 0 Å². The van der Waals surface area contributed by atoms with Gasteiger partial charge in [0, 0.05) is 36.3 Å². The van der Waals surface area contributed by atoms with Crippen LogP contribution in [0.4, 0.5) is 5.69 Å². The third kappa shape index (κ3) is 3.70. The van der Waals surface area contributed by atoms with Gasteiger partial charge in [-0.05, 0) is 49.9 Å². The van der Waals surface area contributed by atoms with Crippen LogP contribution in [0.2, 0.25) is 0 Å². The van der Waals surface area contributed by atoms with E-state index in [2.05, 4.69) is 25.3 Å². The van der Waals surface area contributed by atoms with E-state index in [1.165, 1.54) is 5.71 Å². The molecule has 1 unspecified atom stereocenters. The highest BCUT2D eigenvalue weighted by atomic mass is 32.2. The van der Waals surface area contributed by atoms with Gasteiger partial charge in [0.05, 0.1) is 5.41 Å². The van der Waals surface area contributed by atoms with Gasteiger partial charge in [0.25, 0.3) is 0 Å². The van der Waals surface area contributed by atoms with E-state index in [0.29, 0.717) is 11.3 Å². The number of hydrogen-bond donors (Lipinski definition) is 1. The molecule has 1 N–H and O–H groups in total. The van der Waals surface area contributed by atoms with Crippen molar-refractivity contribution in [3.63, 3.8) is 0 Å². The summed E-state index contributed by atoms with van der Waals surface area (Å²) in [4.78, 5) is 10.9. The summed E-state index contributed by atoms with van der Waals surface area (Å²) in [6.45, 7) is 7.10. The Hall–Kier alpha value is -1.53. The Morgan fingerprint density at radius 1 is 1.30 bits per heavy atom. The van der Waals surface area contributed by atoms with Gasteiger partial charge in [0.15, 0.2) is 5.71 Å². The molecule has 1 atom stereocenters. The summed E-state index contributed by atoms with van der Waals surface area (Å²) in [6.07, 6.45) is 2.68. The summed E-state index contributed by atoms with van der Waals surface area (Å²) in [5.41, 5.74) is 3.08. The first kappa shape index (κ1) is 17.8. The second-order valence-corrected chi connectivity index (χ2v) is 7.42. The van der Waals surface area contributed by atoms with E-state index in [1.54, 1.807) is 12.1 Å². The number of rotatable bonds is 7. The maximum absolute atomic E-state index is 11.2. The highest BCUT2D eigenvalue weighted by Crippen LogP contribution is 2.40. The molecule has 0 bridgehead atoms. The van der Waals surface area contributed by atoms with Gasteiger partial charge in [-0.15, -0.1) is 0 Å². The van der Waals surface area contributed by atoms with Crippen molar-refractivity contribution in [2.45, 2.75) is 56.8 Å². The number of carbonyl (C=O) groups is 1. The summed E-state index contributed by atoms with van der Waals surface area (Å²) >= 11 is -2.22. The fraction of sp³-hybridized carbons (Fsp3) is 0.529. The lowest BCUT2D eigenvalue weighted by Crippen LogP contribution is -2.26. The van der Waals surface area contributed by atoms with E-state index in [-0.39, 0.29) is 11.8 Å². The van der Waals surface area contributed by atoms with Crippen molar-refractivity contribution in [3.8, 4) is 0 Å². The van der Waals surface area contributed by atoms with Crippen LogP contribution in [0.15, 0.2) is 23.1 Å². The molecule has 0 aromatic heterocycles. The van der Waals surface area contributed by atoms with Crippen molar-refractivity contribution in [1.82, 2.24) is 0 Å². The van der Waals surface area contributed by atoms with Crippen molar-refractivity contribution < 1.29 is 23.2 Å². The van der Waals surface area contributed by atoms with Crippen LogP contribution in [0.5, 0.6) is 0 Å². The van der Waals surface area contributed by atoms with E-state index in [0.717, 1.165) is 30.6 Å². The predicted octanol–water partition coefficient (Wildman–Crippen LogP) is 2.97. The molecule has 23 heavy (non-hydrogen) atoms. The second-order valence-electron chi connectivity index (χ2n) is 6.48. The first-order valence-corrected chi connectivity index (χ1v) is 8.90. The van der Waals surface area contributed by atoms with Gasteiger partial charge in [0.2, 0.25) is 5.69 Å². The highest BCUT2D eigenvalue weighted by Gasteiger charge is 2.42.